The highest BCUT2D eigenvalue weighted by Crippen LogP contribution is 2.37. The summed E-state index contributed by atoms with van der Waals surface area (Å²) in [7, 11) is 0. The van der Waals surface area contributed by atoms with Gasteiger partial charge in [0.15, 0.2) is 5.82 Å². The summed E-state index contributed by atoms with van der Waals surface area (Å²) in [6.07, 6.45) is 0.461. The van der Waals surface area contributed by atoms with Crippen LogP contribution in [0.1, 0.15) is 19.7 Å². The number of ether oxygens (including phenoxy) is 1. The van der Waals surface area contributed by atoms with Crippen LogP contribution in [0.5, 0.6) is 5.75 Å². The third kappa shape index (κ3) is 3.34. The lowest BCUT2D eigenvalue weighted by Gasteiger charge is -2.07. The standard InChI is InChI=1S/C13H16N4O4/c1-3-20-12-9(5-4-6-10(12)17(18)19)13-15-11(16-21-13)7-8(2)14/h4-6,8H,3,7,14H2,1-2H3. The zero-order chi connectivity index (χ0) is 15.4. The molecule has 8 heteroatoms. The van der Waals surface area contributed by atoms with Crippen LogP contribution in [0.2, 0.25) is 0 Å². The average molecular weight is 292 g/mol. The van der Waals surface area contributed by atoms with Crippen LogP contribution in [0.25, 0.3) is 11.5 Å². The number of benzene rings is 1. The number of nitrogens with zero attached hydrogens (tertiary/aromatic N) is 3. The fraction of sp³-hybridized carbons (Fsp3) is 0.385. The van der Waals surface area contributed by atoms with Crippen LogP contribution in [-0.2, 0) is 6.42 Å². The minimum atomic E-state index is -0.506. The van der Waals surface area contributed by atoms with Crippen LogP contribution in [-0.4, -0.2) is 27.7 Å². The van der Waals surface area contributed by atoms with E-state index in [1.807, 2.05) is 6.92 Å². The maximum Gasteiger partial charge on any atom is 0.311 e. The SMILES string of the molecule is CCOc1c(-c2nc(CC(C)N)no2)cccc1[N+](=O)[O-]. The number of nitrogens with two attached hydrogens (primary N) is 1. The summed E-state index contributed by atoms with van der Waals surface area (Å²) in [6, 6.07) is 4.45. The zero-order valence-electron chi connectivity index (χ0n) is 11.8. The summed E-state index contributed by atoms with van der Waals surface area (Å²) in [4.78, 5) is 14.8. The lowest BCUT2D eigenvalue weighted by molar-refractivity contribution is -0.385. The second kappa shape index (κ2) is 6.31. The van der Waals surface area contributed by atoms with Crippen LogP contribution >= 0.6 is 0 Å². The molecular formula is C13H16N4O4. The Hall–Kier alpha value is -2.48. The van der Waals surface area contributed by atoms with Crippen molar-refractivity contribution in [2.45, 2.75) is 26.3 Å². The molecule has 21 heavy (non-hydrogen) atoms. The summed E-state index contributed by atoms with van der Waals surface area (Å²) in [5, 5.41) is 14.9. The van der Waals surface area contributed by atoms with Crippen molar-refractivity contribution in [1.29, 1.82) is 0 Å². The number of hydrogen-bond acceptors (Lipinski definition) is 7. The second-order valence-electron chi connectivity index (χ2n) is 4.54. The summed E-state index contributed by atoms with van der Waals surface area (Å²) in [5.74, 6) is 0.757. The average Bonchev–Trinajstić information content (AvgIpc) is 2.86. The molecule has 0 fully saturated rings. The molecule has 1 aromatic heterocycles. The van der Waals surface area contributed by atoms with Gasteiger partial charge in [0, 0.05) is 18.5 Å². The highest BCUT2D eigenvalue weighted by atomic mass is 16.6. The van der Waals surface area contributed by atoms with E-state index in [-0.39, 0.29) is 23.4 Å². The van der Waals surface area contributed by atoms with Crippen molar-refractivity contribution in [2.24, 2.45) is 5.73 Å². The minimum Gasteiger partial charge on any atom is -0.487 e. The Balaban J connectivity index is 2.45. The molecular weight excluding hydrogens is 276 g/mol. The van der Waals surface area contributed by atoms with Gasteiger partial charge in [-0.25, -0.2) is 0 Å². The lowest BCUT2D eigenvalue weighted by atomic mass is 10.1. The van der Waals surface area contributed by atoms with Crippen molar-refractivity contribution in [3.8, 4) is 17.2 Å². The molecule has 0 spiro atoms. The predicted octanol–water partition coefficient (Wildman–Crippen LogP) is 1.93. The van der Waals surface area contributed by atoms with Gasteiger partial charge in [-0.2, -0.15) is 4.98 Å². The fourth-order valence-electron chi connectivity index (χ4n) is 1.87. The molecule has 0 aliphatic heterocycles. The number of nitro benzene ring substituents is 1. The van der Waals surface area contributed by atoms with Gasteiger partial charge >= 0.3 is 5.69 Å². The summed E-state index contributed by atoms with van der Waals surface area (Å²) in [5.41, 5.74) is 5.94. The van der Waals surface area contributed by atoms with E-state index < -0.39 is 4.92 Å². The molecule has 0 aliphatic rings. The largest absolute Gasteiger partial charge is 0.487 e. The fourth-order valence-corrected chi connectivity index (χ4v) is 1.87. The van der Waals surface area contributed by atoms with Gasteiger partial charge in [-0.1, -0.05) is 11.2 Å². The Bertz CT molecular complexity index is 639. The third-order valence-corrected chi connectivity index (χ3v) is 2.68. The maximum absolute atomic E-state index is 11.1. The highest BCUT2D eigenvalue weighted by molar-refractivity contribution is 5.69. The molecule has 0 bridgehead atoms. The first kappa shape index (κ1) is 14.9. The molecule has 1 aromatic carbocycles. The third-order valence-electron chi connectivity index (χ3n) is 2.68. The van der Waals surface area contributed by atoms with Crippen LogP contribution in [0, 0.1) is 10.1 Å². The highest BCUT2D eigenvalue weighted by Gasteiger charge is 2.23. The molecule has 0 saturated heterocycles. The molecule has 8 nitrogen and oxygen atoms in total. The Morgan fingerprint density at radius 3 is 2.90 bits per heavy atom. The molecule has 1 unspecified atom stereocenters. The molecule has 1 atom stereocenters. The van der Waals surface area contributed by atoms with Gasteiger partial charge < -0.3 is 15.0 Å². The van der Waals surface area contributed by atoms with Crippen molar-refractivity contribution >= 4 is 5.69 Å². The Labute approximate surface area is 121 Å². The normalized spacial score (nSPS) is 12.1. The predicted molar refractivity (Wildman–Crippen MR) is 74.9 cm³/mol. The van der Waals surface area contributed by atoms with Crippen molar-refractivity contribution in [3.63, 3.8) is 0 Å². The van der Waals surface area contributed by atoms with Crippen LogP contribution < -0.4 is 10.5 Å². The molecule has 0 radical (unpaired) electrons. The molecule has 0 amide bonds. The van der Waals surface area contributed by atoms with Crippen molar-refractivity contribution in [2.75, 3.05) is 6.61 Å². The Morgan fingerprint density at radius 2 is 2.29 bits per heavy atom. The second-order valence-corrected chi connectivity index (χ2v) is 4.54. The Kier molecular flexibility index (Phi) is 4.49. The zero-order valence-corrected chi connectivity index (χ0v) is 11.8. The van der Waals surface area contributed by atoms with Gasteiger partial charge in [-0.15, -0.1) is 0 Å². The number of para-hydroxylation sites is 1. The van der Waals surface area contributed by atoms with E-state index in [2.05, 4.69) is 10.1 Å². The number of hydrogen-bond donors (Lipinski definition) is 1. The van der Waals surface area contributed by atoms with Crippen molar-refractivity contribution in [3.05, 3.63) is 34.1 Å². The monoisotopic (exact) mass is 292 g/mol. The quantitative estimate of drug-likeness (QED) is 0.638. The van der Waals surface area contributed by atoms with Crippen molar-refractivity contribution in [1.82, 2.24) is 10.1 Å². The van der Waals surface area contributed by atoms with E-state index in [0.29, 0.717) is 24.4 Å². The number of aromatic nitrogens is 2. The molecule has 0 aliphatic carbocycles. The smallest absolute Gasteiger partial charge is 0.311 e. The first-order chi connectivity index (χ1) is 10.0. The summed E-state index contributed by atoms with van der Waals surface area (Å²) >= 11 is 0. The van der Waals surface area contributed by atoms with Gasteiger partial charge in [-0.05, 0) is 19.9 Å². The maximum atomic E-state index is 11.1. The van der Waals surface area contributed by atoms with Gasteiger partial charge in [0.05, 0.1) is 17.1 Å². The van der Waals surface area contributed by atoms with Crippen molar-refractivity contribution < 1.29 is 14.2 Å². The van der Waals surface area contributed by atoms with Gasteiger partial charge in [0.1, 0.15) is 0 Å². The molecule has 2 rings (SSSR count). The van der Waals surface area contributed by atoms with Gasteiger partial charge in [0.2, 0.25) is 5.75 Å². The molecule has 0 saturated carbocycles. The van der Waals surface area contributed by atoms with Crippen LogP contribution in [0.3, 0.4) is 0 Å². The van der Waals surface area contributed by atoms with E-state index in [1.165, 1.54) is 6.07 Å². The van der Waals surface area contributed by atoms with E-state index in [0.717, 1.165) is 0 Å². The van der Waals surface area contributed by atoms with Crippen LogP contribution in [0.15, 0.2) is 22.7 Å². The van der Waals surface area contributed by atoms with E-state index in [1.54, 1.807) is 19.1 Å². The summed E-state index contributed by atoms with van der Waals surface area (Å²) in [6.45, 7) is 3.86. The first-order valence-corrected chi connectivity index (χ1v) is 6.51. The van der Waals surface area contributed by atoms with Gasteiger partial charge in [0.25, 0.3) is 5.89 Å². The molecule has 2 aromatic rings. The molecule has 1 heterocycles. The van der Waals surface area contributed by atoms with E-state index in [4.69, 9.17) is 15.0 Å². The first-order valence-electron chi connectivity index (χ1n) is 6.51. The van der Waals surface area contributed by atoms with E-state index in [9.17, 15) is 10.1 Å². The number of rotatable bonds is 6. The molecule has 112 valence electrons. The topological polar surface area (TPSA) is 117 Å². The van der Waals surface area contributed by atoms with E-state index >= 15 is 0 Å². The van der Waals surface area contributed by atoms with Gasteiger partial charge in [-0.3, -0.25) is 10.1 Å². The van der Waals surface area contributed by atoms with Crippen LogP contribution in [0.4, 0.5) is 5.69 Å². The molecule has 2 N–H and O–H groups in total. The number of nitro groups is 1. The Morgan fingerprint density at radius 1 is 1.52 bits per heavy atom. The minimum absolute atomic E-state index is 0.105. The lowest BCUT2D eigenvalue weighted by Crippen LogP contribution is -2.18. The summed E-state index contributed by atoms with van der Waals surface area (Å²) < 4.78 is 10.5.